The van der Waals surface area contributed by atoms with E-state index in [0.717, 1.165) is 11.8 Å². The van der Waals surface area contributed by atoms with Crippen LogP contribution in [0.4, 0.5) is 4.39 Å². The molecule has 7 nitrogen and oxygen atoms in total. The molecule has 2 atom stereocenters. The Morgan fingerprint density at radius 3 is 2.72 bits per heavy atom. The first-order valence-electron chi connectivity index (χ1n) is 7.59. The van der Waals surface area contributed by atoms with E-state index in [1.165, 1.54) is 24.3 Å². The lowest BCUT2D eigenvalue weighted by Crippen LogP contribution is -2.39. The van der Waals surface area contributed by atoms with E-state index in [1.54, 1.807) is 6.92 Å². The van der Waals surface area contributed by atoms with E-state index in [2.05, 4.69) is 15.5 Å². The van der Waals surface area contributed by atoms with Crippen molar-refractivity contribution in [2.24, 2.45) is 0 Å². The summed E-state index contributed by atoms with van der Waals surface area (Å²) in [6.07, 6.45) is 0.431. The second kappa shape index (κ2) is 7.12. The third-order valence-corrected chi connectivity index (χ3v) is 6.43. The van der Waals surface area contributed by atoms with Crippen LogP contribution in [0.15, 0.2) is 33.9 Å². The van der Waals surface area contributed by atoms with Crippen LogP contribution in [0, 0.1) is 5.82 Å². The van der Waals surface area contributed by atoms with Crippen LogP contribution in [-0.2, 0) is 14.6 Å². The maximum atomic E-state index is 12.9. The fourth-order valence-electron chi connectivity index (χ4n) is 2.40. The molecule has 2 unspecified atom stereocenters. The number of benzene rings is 1. The first-order valence-corrected chi connectivity index (χ1v) is 10.3. The molecule has 0 radical (unpaired) electrons. The highest BCUT2D eigenvalue weighted by atomic mass is 32.2. The summed E-state index contributed by atoms with van der Waals surface area (Å²) in [5.74, 6) is -0.335. The van der Waals surface area contributed by atoms with Crippen molar-refractivity contribution in [2.75, 3.05) is 11.5 Å². The number of hydrogen-bond donors (Lipinski definition) is 1. The summed E-state index contributed by atoms with van der Waals surface area (Å²) in [6.45, 7) is 1.67. The maximum Gasteiger partial charge on any atom is 0.277 e. The monoisotopic (exact) mass is 385 g/mol. The lowest BCUT2D eigenvalue weighted by molar-refractivity contribution is -0.120. The van der Waals surface area contributed by atoms with Gasteiger partial charge in [0, 0.05) is 11.6 Å². The molecule has 1 aromatic heterocycles. The van der Waals surface area contributed by atoms with Crippen molar-refractivity contribution in [3.63, 3.8) is 0 Å². The third-order valence-electron chi connectivity index (χ3n) is 3.72. The van der Waals surface area contributed by atoms with Crippen molar-refractivity contribution < 1.29 is 22.0 Å². The molecule has 1 fully saturated rings. The largest absolute Gasteiger partial charge is 0.411 e. The molecule has 3 rings (SSSR count). The van der Waals surface area contributed by atoms with Gasteiger partial charge in [-0.25, -0.2) is 12.8 Å². The van der Waals surface area contributed by atoms with Crippen molar-refractivity contribution in [3.8, 4) is 11.5 Å². The van der Waals surface area contributed by atoms with Crippen LogP contribution in [-0.4, -0.2) is 47.3 Å². The Morgan fingerprint density at radius 2 is 2.08 bits per heavy atom. The summed E-state index contributed by atoms with van der Waals surface area (Å²) < 4.78 is 41.3. The van der Waals surface area contributed by atoms with E-state index >= 15 is 0 Å². The minimum atomic E-state index is -3.05. The fourth-order valence-corrected chi connectivity index (χ4v) is 4.76. The van der Waals surface area contributed by atoms with Gasteiger partial charge in [0.25, 0.3) is 5.22 Å². The van der Waals surface area contributed by atoms with Crippen molar-refractivity contribution in [2.45, 2.75) is 29.9 Å². The van der Waals surface area contributed by atoms with Crippen LogP contribution in [0.3, 0.4) is 0 Å². The molecule has 10 heteroatoms. The predicted octanol–water partition coefficient (Wildman–Crippen LogP) is 1.66. The van der Waals surface area contributed by atoms with Gasteiger partial charge in [0.2, 0.25) is 11.8 Å². The molecule has 2 heterocycles. The third kappa shape index (κ3) is 4.57. The van der Waals surface area contributed by atoms with Crippen LogP contribution in [0.25, 0.3) is 11.5 Å². The van der Waals surface area contributed by atoms with E-state index < -0.39 is 15.1 Å². The zero-order valence-corrected chi connectivity index (χ0v) is 14.9. The highest BCUT2D eigenvalue weighted by Gasteiger charge is 2.30. The molecule has 1 aliphatic rings. The van der Waals surface area contributed by atoms with Gasteiger partial charge >= 0.3 is 0 Å². The Hall–Kier alpha value is -1.94. The van der Waals surface area contributed by atoms with Crippen LogP contribution in [0.5, 0.6) is 0 Å². The van der Waals surface area contributed by atoms with Crippen molar-refractivity contribution in [1.82, 2.24) is 15.5 Å². The smallest absolute Gasteiger partial charge is 0.277 e. The fraction of sp³-hybridized carbons (Fsp3) is 0.400. The Labute approximate surface area is 148 Å². The summed E-state index contributed by atoms with van der Waals surface area (Å²) in [5, 5.41) is 10.2. The van der Waals surface area contributed by atoms with Gasteiger partial charge in [0.15, 0.2) is 9.84 Å². The summed E-state index contributed by atoms with van der Waals surface area (Å²) in [7, 11) is -3.05. The molecule has 25 heavy (non-hydrogen) atoms. The quantitative estimate of drug-likeness (QED) is 0.781. The van der Waals surface area contributed by atoms with E-state index in [9.17, 15) is 17.6 Å². The Balaban J connectivity index is 1.58. The first-order chi connectivity index (χ1) is 11.8. The minimum Gasteiger partial charge on any atom is -0.411 e. The lowest BCUT2D eigenvalue weighted by Gasteiger charge is -2.14. The van der Waals surface area contributed by atoms with Crippen LogP contribution >= 0.6 is 11.8 Å². The van der Waals surface area contributed by atoms with E-state index in [1.807, 2.05) is 0 Å². The minimum absolute atomic E-state index is 0.0224. The number of carbonyl (C=O) groups is 1. The molecule has 1 saturated heterocycles. The van der Waals surface area contributed by atoms with E-state index in [4.69, 9.17) is 4.42 Å². The van der Waals surface area contributed by atoms with Crippen LogP contribution in [0.1, 0.15) is 13.3 Å². The highest BCUT2D eigenvalue weighted by Crippen LogP contribution is 2.26. The van der Waals surface area contributed by atoms with Gasteiger partial charge in [0.05, 0.1) is 16.8 Å². The molecule has 1 amide bonds. The molecule has 0 spiro atoms. The number of carbonyl (C=O) groups excluding carboxylic acids is 1. The van der Waals surface area contributed by atoms with Gasteiger partial charge in [-0.3, -0.25) is 4.79 Å². The van der Waals surface area contributed by atoms with Gasteiger partial charge in [-0.15, -0.1) is 10.2 Å². The number of rotatable bonds is 5. The number of hydrogen-bond acceptors (Lipinski definition) is 7. The zero-order valence-electron chi connectivity index (χ0n) is 13.3. The standard InChI is InChI=1S/C15H16FN3O4S2/c1-9(13(20)17-12-6-7-25(21,22)8-12)24-15-19-18-14(23-15)10-2-4-11(16)5-3-10/h2-5,9,12H,6-8H2,1H3,(H,17,20). The average Bonchev–Trinajstić information content (AvgIpc) is 3.14. The molecular weight excluding hydrogens is 369 g/mol. The number of aromatic nitrogens is 2. The summed E-state index contributed by atoms with van der Waals surface area (Å²) in [6, 6.07) is 5.27. The van der Waals surface area contributed by atoms with Gasteiger partial charge in [-0.2, -0.15) is 0 Å². The molecular formula is C15H16FN3O4S2. The zero-order chi connectivity index (χ0) is 18.0. The number of thioether (sulfide) groups is 1. The topological polar surface area (TPSA) is 102 Å². The molecule has 1 N–H and O–H groups in total. The molecule has 1 aromatic carbocycles. The number of amides is 1. The van der Waals surface area contributed by atoms with Crippen molar-refractivity contribution in [1.29, 1.82) is 0 Å². The van der Waals surface area contributed by atoms with Gasteiger partial charge in [0.1, 0.15) is 5.82 Å². The van der Waals surface area contributed by atoms with Gasteiger partial charge < -0.3 is 9.73 Å². The second-order valence-electron chi connectivity index (χ2n) is 5.75. The van der Waals surface area contributed by atoms with Gasteiger partial charge in [-0.05, 0) is 37.6 Å². The summed E-state index contributed by atoms with van der Waals surface area (Å²) in [5.41, 5.74) is 0.578. The van der Waals surface area contributed by atoms with Crippen molar-refractivity contribution in [3.05, 3.63) is 30.1 Å². The van der Waals surface area contributed by atoms with Crippen LogP contribution in [0.2, 0.25) is 0 Å². The van der Waals surface area contributed by atoms with Crippen molar-refractivity contribution >= 4 is 27.5 Å². The molecule has 0 aliphatic carbocycles. The Bertz CT molecular complexity index is 867. The van der Waals surface area contributed by atoms with E-state index in [0.29, 0.717) is 12.0 Å². The number of sulfone groups is 1. The maximum absolute atomic E-state index is 12.9. The Kier molecular flexibility index (Phi) is 5.09. The molecule has 134 valence electrons. The molecule has 1 aliphatic heterocycles. The predicted molar refractivity (Wildman–Crippen MR) is 90.2 cm³/mol. The summed E-state index contributed by atoms with van der Waals surface area (Å²) in [4.78, 5) is 12.2. The second-order valence-corrected chi connectivity index (χ2v) is 9.27. The lowest BCUT2D eigenvalue weighted by atomic mass is 10.2. The molecule has 2 aromatic rings. The molecule has 0 bridgehead atoms. The molecule has 0 saturated carbocycles. The SMILES string of the molecule is CC(Sc1nnc(-c2ccc(F)cc2)o1)C(=O)NC1CCS(=O)(=O)C1. The first kappa shape index (κ1) is 17.9. The normalized spacial score (nSPS) is 20.3. The Morgan fingerprint density at radius 1 is 1.36 bits per heavy atom. The van der Waals surface area contributed by atoms with E-state index in [-0.39, 0.29) is 40.4 Å². The number of halogens is 1. The summed E-state index contributed by atoms with van der Waals surface area (Å²) >= 11 is 1.08. The average molecular weight is 385 g/mol. The van der Waals surface area contributed by atoms with Gasteiger partial charge in [-0.1, -0.05) is 11.8 Å². The highest BCUT2D eigenvalue weighted by molar-refractivity contribution is 8.00. The number of nitrogens with one attached hydrogen (secondary N) is 1. The van der Waals surface area contributed by atoms with Crippen LogP contribution < -0.4 is 5.32 Å². The number of nitrogens with zero attached hydrogens (tertiary/aromatic N) is 2.